The number of anilines is 1. The SMILES string of the molecule is CCN(Cc1cnc(Br)s1)c1nc(Cl)ccc1[N+](=O)[O-]. The van der Waals surface area contributed by atoms with Gasteiger partial charge in [-0.05, 0) is 28.9 Å². The van der Waals surface area contributed by atoms with Gasteiger partial charge in [0.15, 0.2) is 3.92 Å². The van der Waals surface area contributed by atoms with Gasteiger partial charge in [0.2, 0.25) is 5.82 Å². The van der Waals surface area contributed by atoms with E-state index in [1.54, 1.807) is 11.1 Å². The van der Waals surface area contributed by atoms with Crippen molar-refractivity contribution in [2.45, 2.75) is 13.5 Å². The Bertz CT molecular complexity index is 637. The standard InChI is InChI=1S/C11H10BrClN4O2S/c1-2-16(6-7-5-14-11(12)20-7)10-8(17(18)19)3-4-9(13)15-10/h3-5H,2,6H2,1H3. The summed E-state index contributed by atoms with van der Waals surface area (Å²) in [5, 5.41) is 11.3. The summed E-state index contributed by atoms with van der Waals surface area (Å²) >= 11 is 10.6. The molecule has 2 aromatic rings. The zero-order valence-corrected chi connectivity index (χ0v) is 13.6. The number of hydrogen-bond donors (Lipinski definition) is 0. The van der Waals surface area contributed by atoms with Gasteiger partial charge in [0.05, 0.1) is 11.5 Å². The number of nitro groups is 1. The van der Waals surface area contributed by atoms with Gasteiger partial charge in [0.25, 0.3) is 0 Å². The van der Waals surface area contributed by atoms with Gasteiger partial charge in [-0.25, -0.2) is 9.97 Å². The van der Waals surface area contributed by atoms with Crippen LogP contribution in [-0.4, -0.2) is 21.4 Å². The maximum atomic E-state index is 11.1. The van der Waals surface area contributed by atoms with Crippen molar-refractivity contribution in [3.63, 3.8) is 0 Å². The van der Waals surface area contributed by atoms with E-state index in [4.69, 9.17) is 11.6 Å². The van der Waals surface area contributed by atoms with Crippen molar-refractivity contribution < 1.29 is 4.92 Å². The molecule has 20 heavy (non-hydrogen) atoms. The third-order valence-corrected chi connectivity index (χ3v) is 4.24. The molecule has 0 fully saturated rings. The number of aromatic nitrogens is 2. The van der Waals surface area contributed by atoms with E-state index in [1.165, 1.54) is 23.5 Å². The van der Waals surface area contributed by atoms with Crippen LogP contribution in [0.25, 0.3) is 0 Å². The van der Waals surface area contributed by atoms with Gasteiger partial charge in [-0.1, -0.05) is 11.6 Å². The normalized spacial score (nSPS) is 10.6. The lowest BCUT2D eigenvalue weighted by atomic mass is 10.3. The van der Waals surface area contributed by atoms with Crippen LogP contribution in [0, 0.1) is 10.1 Å². The molecule has 0 N–H and O–H groups in total. The van der Waals surface area contributed by atoms with E-state index >= 15 is 0 Å². The van der Waals surface area contributed by atoms with Crippen molar-refractivity contribution in [1.82, 2.24) is 9.97 Å². The largest absolute Gasteiger partial charge is 0.346 e. The van der Waals surface area contributed by atoms with Crippen molar-refractivity contribution in [1.29, 1.82) is 0 Å². The molecule has 0 aliphatic carbocycles. The highest BCUT2D eigenvalue weighted by molar-refractivity contribution is 9.11. The predicted octanol–water partition coefficient (Wildman–Crippen LogP) is 3.89. The monoisotopic (exact) mass is 376 g/mol. The first kappa shape index (κ1) is 15.1. The Morgan fingerprint density at radius 1 is 1.55 bits per heavy atom. The Morgan fingerprint density at radius 2 is 2.30 bits per heavy atom. The quantitative estimate of drug-likeness (QED) is 0.449. The average molecular weight is 378 g/mol. The molecule has 2 aromatic heterocycles. The molecule has 0 aromatic carbocycles. The van der Waals surface area contributed by atoms with E-state index in [0.717, 1.165) is 8.79 Å². The average Bonchev–Trinajstić information content (AvgIpc) is 2.81. The Balaban J connectivity index is 2.35. The molecule has 106 valence electrons. The topological polar surface area (TPSA) is 72.2 Å². The molecular weight excluding hydrogens is 368 g/mol. The number of halogens is 2. The van der Waals surface area contributed by atoms with Crippen LogP contribution in [0.15, 0.2) is 22.2 Å². The van der Waals surface area contributed by atoms with E-state index in [1.807, 2.05) is 6.92 Å². The molecule has 0 aliphatic rings. The lowest BCUT2D eigenvalue weighted by molar-refractivity contribution is -0.384. The Morgan fingerprint density at radius 3 is 2.85 bits per heavy atom. The highest BCUT2D eigenvalue weighted by Crippen LogP contribution is 2.30. The second-order valence-corrected chi connectivity index (χ2v) is 6.61. The minimum Gasteiger partial charge on any atom is -0.346 e. The highest BCUT2D eigenvalue weighted by atomic mass is 79.9. The Hall–Kier alpha value is -1.25. The molecule has 0 saturated carbocycles. The molecule has 9 heteroatoms. The summed E-state index contributed by atoms with van der Waals surface area (Å²) in [7, 11) is 0. The van der Waals surface area contributed by atoms with E-state index in [2.05, 4.69) is 25.9 Å². The summed E-state index contributed by atoms with van der Waals surface area (Å²) < 4.78 is 0.775. The zero-order chi connectivity index (χ0) is 14.7. The maximum absolute atomic E-state index is 11.1. The van der Waals surface area contributed by atoms with Crippen LogP contribution in [0.2, 0.25) is 5.15 Å². The highest BCUT2D eigenvalue weighted by Gasteiger charge is 2.21. The van der Waals surface area contributed by atoms with Gasteiger partial charge in [-0.15, -0.1) is 11.3 Å². The first-order chi connectivity index (χ1) is 9.51. The van der Waals surface area contributed by atoms with Crippen LogP contribution in [0.5, 0.6) is 0 Å². The van der Waals surface area contributed by atoms with Crippen molar-refractivity contribution in [2.75, 3.05) is 11.4 Å². The van der Waals surface area contributed by atoms with Gasteiger partial charge in [0.1, 0.15) is 5.15 Å². The molecule has 6 nitrogen and oxygen atoms in total. The fourth-order valence-electron chi connectivity index (χ4n) is 1.67. The van der Waals surface area contributed by atoms with Crippen molar-refractivity contribution in [2.24, 2.45) is 0 Å². The van der Waals surface area contributed by atoms with Crippen molar-refractivity contribution >= 4 is 50.4 Å². The molecular formula is C11H10BrClN4O2S. The minimum atomic E-state index is -0.454. The predicted molar refractivity (Wildman–Crippen MR) is 82.4 cm³/mol. The van der Waals surface area contributed by atoms with Gasteiger partial charge < -0.3 is 4.90 Å². The lowest BCUT2D eigenvalue weighted by Gasteiger charge is -2.20. The summed E-state index contributed by atoms with van der Waals surface area (Å²) in [6, 6.07) is 2.79. The summed E-state index contributed by atoms with van der Waals surface area (Å²) in [5.41, 5.74) is -0.0557. The van der Waals surface area contributed by atoms with E-state index in [-0.39, 0.29) is 16.7 Å². The molecule has 0 bridgehead atoms. The van der Waals surface area contributed by atoms with Crippen molar-refractivity contribution in [3.05, 3.63) is 42.4 Å². The minimum absolute atomic E-state index is 0.0557. The molecule has 2 rings (SSSR count). The smallest absolute Gasteiger partial charge is 0.311 e. The molecule has 0 spiro atoms. The van der Waals surface area contributed by atoms with Gasteiger partial charge in [-0.3, -0.25) is 10.1 Å². The number of thiazole rings is 1. The molecule has 0 radical (unpaired) electrons. The molecule has 2 heterocycles. The lowest BCUT2D eigenvalue weighted by Crippen LogP contribution is -2.23. The fraction of sp³-hybridized carbons (Fsp3) is 0.273. The van der Waals surface area contributed by atoms with Crippen LogP contribution < -0.4 is 4.90 Å². The van der Waals surface area contributed by atoms with Gasteiger partial charge in [-0.2, -0.15) is 0 Å². The van der Waals surface area contributed by atoms with Crippen molar-refractivity contribution in [3.8, 4) is 0 Å². The molecule has 0 unspecified atom stereocenters. The number of rotatable bonds is 5. The van der Waals surface area contributed by atoms with Crippen LogP contribution >= 0.6 is 38.9 Å². The number of nitrogens with zero attached hydrogens (tertiary/aromatic N) is 4. The molecule has 0 amide bonds. The fourth-order valence-corrected chi connectivity index (χ4v) is 3.19. The van der Waals surface area contributed by atoms with Crippen LogP contribution in [0.4, 0.5) is 11.5 Å². The molecule has 0 aliphatic heterocycles. The first-order valence-corrected chi connectivity index (χ1v) is 7.66. The maximum Gasteiger partial charge on any atom is 0.311 e. The third kappa shape index (κ3) is 3.44. The van der Waals surface area contributed by atoms with E-state index < -0.39 is 4.92 Å². The number of pyridine rings is 1. The second kappa shape index (κ2) is 6.47. The summed E-state index contributed by atoms with van der Waals surface area (Å²) in [6.07, 6.45) is 1.73. The molecule has 0 saturated heterocycles. The third-order valence-electron chi connectivity index (χ3n) is 2.57. The molecule has 0 atom stereocenters. The summed E-state index contributed by atoms with van der Waals surface area (Å²) in [4.78, 5) is 21.6. The summed E-state index contributed by atoms with van der Waals surface area (Å²) in [5.74, 6) is 0.273. The first-order valence-electron chi connectivity index (χ1n) is 5.67. The summed E-state index contributed by atoms with van der Waals surface area (Å²) in [6.45, 7) is 2.97. The van der Waals surface area contributed by atoms with E-state index in [0.29, 0.717) is 13.1 Å². The number of hydrogen-bond acceptors (Lipinski definition) is 6. The second-order valence-electron chi connectivity index (χ2n) is 3.83. The van der Waals surface area contributed by atoms with E-state index in [9.17, 15) is 10.1 Å². The Kier molecular flexibility index (Phi) is 4.90. The van der Waals surface area contributed by atoms with Crippen LogP contribution in [-0.2, 0) is 6.54 Å². The van der Waals surface area contributed by atoms with Crippen LogP contribution in [0.3, 0.4) is 0 Å². The van der Waals surface area contributed by atoms with Gasteiger partial charge in [0, 0.05) is 23.7 Å². The van der Waals surface area contributed by atoms with Gasteiger partial charge >= 0.3 is 5.69 Å². The zero-order valence-electron chi connectivity index (χ0n) is 10.4. The Labute approximate surface area is 132 Å². The van der Waals surface area contributed by atoms with Crippen LogP contribution in [0.1, 0.15) is 11.8 Å².